The van der Waals surface area contributed by atoms with Crippen LogP contribution in [0.25, 0.3) is 11.0 Å². The molecule has 2 aromatic rings. The maximum atomic E-state index is 12.0. The molecule has 0 unspecified atom stereocenters. The Morgan fingerprint density at radius 3 is 3.05 bits per heavy atom. The van der Waals surface area contributed by atoms with Crippen molar-refractivity contribution < 1.29 is 9.90 Å². The van der Waals surface area contributed by atoms with Crippen molar-refractivity contribution in [2.75, 3.05) is 6.54 Å². The highest BCUT2D eigenvalue weighted by Gasteiger charge is 2.34. The molecule has 1 heterocycles. The third-order valence-electron chi connectivity index (χ3n) is 4.30. The van der Waals surface area contributed by atoms with Crippen molar-refractivity contribution in [3.8, 4) is 0 Å². The number of nitrogens with zero attached hydrogens (tertiary/aromatic N) is 1. The van der Waals surface area contributed by atoms with Crippen molar-refractivity contribution in [1.82, 2.24) is 15.3 Å². The van der Waals surface area contributed by atoms with Crippen LogP contribution in [0.1, 0.15) is 24.2 Å². The summed E-state index contributed by atoms with van der Waals surface area (Å²) in [4.78, 5) is 19.8. The lowest BCUT2D eigenvalue weighted by Crippen LogP contribution is -2.32. The molecule has 1 saturated carbocycles. The minimum Gasteiger partial charge on any atom is -0.391 e. The molecule has 1 fully saturated rings. The number of benzene rings is 1. The first kappa shape index (κ1) is 15.0. The summed E-state index contributed by atoms with van der Waals surface area (Å²) in [5.41, 5.74) is 8.88. The van der Waals surface area contributed by atoms with Crippen LogP contribution >= 0.6 is 0 Å². The molecule has 6 heteroatoms. The number of H-pyrrole nitrogens is 1. The molecule has 0 radical (unpaired) electrons. The van der Waals surface area contributed by atoms with Crippen LogP contribution in [0.5, 0.6) is 0 Å². The van der Waals surface area contributed by atoms with Crippen LogP contribution in [-0.2, 0) is 11.2 Å². The van der Waals surface area contributed by atoms with Gasteiger partial charge in [-0.3, -0.25) is 4.79 Å². The molecule has 1 amide bonds. The normalized spacial score (nSPS) is 24.8. The van der Waals surface area contributed by atoms with Crippen LogP contribution in [0.4, 0.5) is 0 Å². The van der Waals surface area contributed by atoms with Crippen molar-refractivity contribution in [1.29, 1.82) is 0 Å². The lowest BCUT2D eigenvalue weighted by atomic mass is 10.1. The van der Waals surface area contributed by atoms with E-state index in [1.165, 1.54) is 5.56 Å². The summed E-state index contributed by atoms with van der Waals surface area (Å²) in [7, 11) is 0. The van der Waals surface area contributed by atoms with E-state index in [2.05, 4.69) is 21.4 Å². The first-order valence-corrected chi connectivity index (χ1v) is 7.69. The average molecular weight is 302 g/mol. The first-order chi connectivity index (χ1) is 10.5. The Morgan fingerprint density at radius 1 is 1.50 bits per heavy atom. The minimum absolute atomic E-state index is 0.0287. The number of aromatic amines is 1. The van der Waals surface area contributed by atoms with Crippen LogP contribution in [-0.4, -0.2) is 39.7 Å². The van der Waals surface area contributed by atoms with Gasteiger partial charge in [-0.25, -0.2) is 4.98 Å². The summed E-state index contributed by atoms with van der Waals surface area (Å²) in [6.45, 7) is 2.57. The summed E-state index contributed by atoms with van der Waals surface area (Å²) in [6, 6.07) is 5.80. The molecular formula is C16H22N4O2. The highest BCUT2D eigenvalue weighted by atomic mass is 16.3. The largest absolute Gasteiger partial charge is 0.391 e. The minimum atomic E-state index is -0.561. The maximum absolute atomic E-state index is 12.0. The van der Waals surface area contributed by atoms with E-state index in [9.17, 15) is 9.90 Å². The fourth-order valence-electron chi connectivity index (χ4n) is 3.01. The Hall–Kier alpha value is -1.92. The van der Waals surface area contributed by atoms with Crippen molar-refractivity contribution in [3.05, 3.63) is 29.6 Å². The summed E-state index contributed by atoms with van der Waals surface area (Å²) >= 11 is 0. The Morgan fingerprint density at radius 2 is 2.32 bits per heavy atom. The number of aryl methyl sites for hydroxylation is 1. The smallest absolute Gasteiger partial charge is 0.223 e. The van der Waals surface area contributed by atoms with E-state index in [1.807, 2.05) is 19.1 Å². The van der Waals surface area contributed by atoms with Gasteiger partial charge in [0.1, 0.15) is 5.82 Å². The van der Waals surface area contributed by atoms with E-state index in [1.54, 1.807) is 0 Å². The zero-order valence-electron chi connectivity index (χ0n) is 12.7. The third-order valence-corrected chi connectivity index (χ3v) is 4.30. The molecular weight excluding hydrogens is 280 g/mol. The molecule has 118 valence electrons. The van der Waals surface area contributed by atoms with Gasteiger partial charge in [-0.1, -0.05) is 6.07 Å². The number of imidazole rings is 1. The first-order valence-electron chi connectivity index (χ1n) is 7.69. The van der Waals surface area contributed by atoms with Gasteiger partial charge >= 0.3 is 0 Å². The van der Waals surface area contributed by atoms with Gasteiger partial charge in [0.25, 0.3) is 0 Å². The molecule has 3 atom stereocenters. The summed E-state index contributed by atoms with van der Waals surface area (Å²) in [5.74, 6) is 0.659. The molecule has 0 spiro atoms. The third kappa shape index (κ3) is 3.13. The predicted octanol–water partition coefficient (Wildman–Crippen LogP) is 0.628. The van der Waals surface area contributed by atoms with Crippen LogP contribution in [0.3, 0.4) is 0 Å². The van der Waals surface area contributed by atoms with Crippen molar-refractivity contribution in [2.24, 2.45) is 11.7 Å². The van der Waals surface area contributed by atoms with Crippen LogP contribution in [0.2, 0.25) is 0 Å². The fraction of sp³-hybridized carbons (Fsp3) is 0.500. The van der Waals surface area contributed by atoms with Gasteiger partial charge in [0.15, 0.2) is 0 Å². The number of nitrogens with two attached hydrogens (primary N) is 1. The number of carbonyl (C=O) groups is 1. The summed E-state index contributed by atoms with van der Waals surface area (Å²) < 4.78 is 0. The van der Waals surface area contributed by atoms with E-state index in [0.717, 1.165) is 16.9 Å². The van der Waals surface area contributed by atoms with Gasteiger partial charge in [0.05, 0.1) is 17.1 Å². The van der Waals surface area contributed by atoms with Gasteiger partial charge in [-0.05, 0) is 37.5 Å². The number of fused-ring (bicyclic) bond motifs is 1. The number of aliphatic hydroxyl groups is 1. The highest BCUT2D eigenvalue weighted by molar-refractivity contribution is 5.79. The average Bonchev–Trinajstić information content (AvgIpc) is 3.02. The molecule has 0 saturated heterocycles. The lowest BCUT2D eigenvalue weighted by molar-refractivity contribution is -0.125. The topological polar surface area (TPSA) is 104 Å². The summed E-state index contributed by atoms with van der Waals surface area (Å²) in [6.07, 6.45) is 1.10. The lowest BCUT2D eigenvalue weighted by Gasteiger charge is -2.09. The number of rotatable bonds is 4. The Kier molecular flexibility index (Phi) is 4.13. The second kappa shape index (κ2) is 6.06. The molecule has 5 N–H and O–H groups in total. The predicted molar refractivity (Wildman–Crippen MR) is 84.3 cm³/mol. The van der Waals surface area contributed by atoms with Gasteiger partial charge < -0.3 is 21.1 Å². The zero-order valence-corrected chi connectivity index (χ0v) is 12.7. The van der Waals surface area contributed by atoms with E-state index < -0.39 is 6.10 Å². The molecule has 1 aromatic heterocycles. The zero-order chi connectivity index (χ0) is 15.7. The SMILES string of the molecule is Cc1ccc2nc(CCNC(=O)[C@H]3C[C@@H](N)[C@H](O)C3)[nH]c2c1. The number of carbonyl (C=O) groups excluding carboxylic acids is 1. The van der Waals surface area contributed by atoms with Crippen LogP contribution < -0.4 is 11.1 Å². The van der Waals surface area contributed by atoms with Gasteiger partial charge in [0.2, 0.25) is 5.91 Å². The molecule has 1 aliphatic rings. The molecule has 3 rings (SSSR count). The van der Waals surface area contributed by atoms with E-state index in [4.69, 9.17) is 5.73 Å². The van der Waals surface area contributed by atoms with Crippen molar-refractivity contribution >= 4 is 16.9 Å². The summed E-state index contributed by atoms with van der Waals surface area (Å²) in [5, 5.41) is 12.5. The number of aromatic nitrogens is 2. The Balaban J connectivity index is 1.53. The number of aliphatic hydroxyl groups excluding tert-OH is 1. The Bertz CT molecular complexity index is 672. The number of hydrogen-bond donors (Lipinski definition) is 4. The molecule has 1 aliphatic carbocycles. The molecule has 6 nitrogen and oxygen atoms in total. The Labute approximate surface area is 129 Å². The number of hydrogen-bond acceptors (Lipinski definition) is 4. The molecule has 0 bridgehead atoms. The second-order valence-electron chi connectivity index (χ2n) is 6.14. The molecule has 1 aromatic carbocycles. The highest BCUT2D eigenvalue weighted by Crippen LogP contribution is 2.24. The quantitative estimate of drug-likeness (QED) is 0.665. The second-order valence-corrected chi connectivity index (χ2v) is 6.14. The molecule has 0 aliphatic heterocycles. The maximum Gasteiger partial charge on any atom is 0.223 e. The van der Waals surface area contributed by atoms with Crippen molar-refractivity contribution in [3.63, 3.8) is 0 Å². The van der Waals surface area contributed by atoms with E-state index in [-0.39, 0.29) is 17.9 Å². The standard InChI is InChI=1S/C16H22N4O2/c1-9-2-3-12-13(6-9)20-15(19-12)4-5-18-16(22)10-7-11(17)14(21)8-10/h2-3,6,10-11,14,21H,4-5,7-8,17H2,1H3,(H,18,22)(H,19,20)/t10-,11+,14+/m0/s1. The van der Waals surface area contributed by atoms with Gasteiger partial charge in [0, 0.05) is 24.9 Å². The fourth-order valence-corrected chi connectivity index (χ4v) is 3.01. The number of amides is 1. The van der Waals surface area contributed by atoms with E-state index in [0.29, 0.717) is 25.8 Å². The number of nitrogens with one attached hydrogen (secondary N) is 2. The van der Waals surface area contributed by atoms with Crippen molar-refractivity contribution in [2.45, 2.75) is 38.3 Å². The van der Waals surface area contributed by atoms with Crippen LogP contribution in [0.15, 0.2) is 18.2 Å². The van der Waals surface area contributed by atoms with Gasteiger partial charge in [-0.15, -0.1) is 0 Å². The van der Waals surface area contributed by atoms with Crippen LogP contribution in [0, 0.1) is 12.8 Å². The molecule has 22 heavy (non-hydrogen) atoms. The van der Waals surface area contributed by atoms with E-state index >= 15 is 0 Å². The monoisotopic (exact) mass is 302 g/mol. The van der Waals surface area contributed by atoms with Gasteiger partial charge in [-0.2, -0.15) is 0 Å².